The van der Waals surface area contributed by atoms with Crippen molar-refractivity contribution in [2.24, 2.45) is 16.6 Å². The number of guanidine groups is 1. The molecule has 5 N–H and O–H groups in total. The van der Waals surface area contributed by atoms with Crippen LogP contribution in [-0.4, -0.2) is 18.3 Å². The molecule has 1 heterocycles. The molecule has 0 saturated heterocycles. The molecule has 5 nitrogen and oxygen atoms in total. The van der Waals surface area contributed by atoms with Gasteiger partial charge in [-0.05, 0) is 19.1 Å². The quantitative estimate of drug-likeness (QED) is 0.316. The van der Waals surface area contributed by atoms with Crippen LogP contribution in [-0.2, 0) is 0 Å². The number of nitrogens with one attached hydrogen (secondary N) is 1. The van der Waals surface area contributed by atoms with Crippen molar-refractivity contribution in [2.75, 3.05) is 6.61 Å². The molecule has 84 valence electrons. The summed E-state index contributed by atoms with van der Waals surface area (Å²) in [5.74, 6) is 0.946. The van der Waals surface area contributed by atoms with Crippen LogP contribution in [0.4, 0.5) is 0 Å². The number of rotatable bonds is 1. The van der Waals surface area contributed by atoms with E-state index >= 15 is 0 Å². The zero-order chi connectivity index (χ0) is 11.5. The Hall–Kier alpha value is -2.04. The summed E-state index contributed by atoms with van der Waals surface area (Å²) in [4.78, 5) is 0. The molecule has 2 rings (SSSR count). The van der Waals surface area contributed by atoms with Gasteiger partial charge in [0.1, 0.15) is 5.75 Å². The third-order valence-electron chi connectivity index (χ3n) is 2.36. The molecule has 0 aromatic heterocycles. The molecule has 0 amide bonds. The lowest BCUT2D eigenvalue weighted by Crippen LogP contribution is -2.73. The zero-order valence-corrected chi connectivity index (χ0v) is 9.16. The van der Waals surface area contributed by atoms with Gasteiger partial charge in [-0.15, -0.1) is 5.10 Å². The average molecular weight is 219 g/mol. The number of hydrazone groups is 1. The van der Waals surface area contributed by atoms with E-state index in [1.54, 1.807) is 0 Å². The van der Waals surface area contributed by atoms with E-state index < -0.39 is 0 Å². The van der Waals surface area contributed by atoms with Gasteiger partial charge in [-0.25, -0.2) is 0 Å². The van der Waals surface area contributed by atoms with Crippen LogP contribution >= 0.6 is 0 Å². The van der Waals surface area contributed by atoms with Crippen molar-refractivity contribution in [3.8, 4) is 5.75 Å². The molecule has 0 aliphatic carbocycles. The van der Waals surface area contributed by atoms with Crippen molar-refractivity contribution < 1.29 is 9.84 Å². The lowest BCUT2D eigenvalue weighted by molar-refractivity contribution is -0.464. The van der Waals surface area contributed by atoms with Crippen LogP contribution in [0.3, 0.4) is 0 Å². The fraction of sp³-hybridized carbons (Fsp3) is 0.273. The fourth-order valence-electron chi connectivity index (χ4n) is 1.64. The number of hydrogen-bond donors (Lipinski definition) is 3. The first-order valence-electron chi connectivity index (χ1n) is 5.11. The van der Waals surface area contributed by atoms with E-state index in [1.165, 1.54) is 5.56 Å². The summed E-state index contributed by atoms with van der Waals surface area (Å²) in [6.45, 7) is 2.66. The lowest BCUT2D eigenvalue weighted by atomic mass is 10.0. The molecular formula is C11H15N4O+. The SMILES string of the molecule is Cc1ccc2c(c1)/C(=N\[NH+]=C(N)N)CCO2. The molecule has 1 aliphatic heterocycles. The van der Waals surface area contributed by atoms with Crippen molar-refractivity contribution in [2.45, 2.75) is 13.3 Å². The molecule has 0 radical (unpaired) electrons. The summed E-state index contributed by atoms with van der Waals surface area (Å²) in [6.07, 6.45) is 0.747. The second-order valence-corrected chi connectivity index (χ2v) is 3.72. The summed E-state index contributed by atoms with van der Waals surface area (Å²) in [5, 5.41) is 6.74. The van der Waals surface area contributed by atoms with Crippen LogP contribution in [0.5, 0.6) is 5.75 Å². The van der Waals surface area contributed by atoms with Gasteiger partial charge in [-0.3, -0.25) is 11.5 Å². The second kappa shape index (κ2) is 4.22. The minimum absolute atomic E-state index is 0.0909. The summed E-state index contributed by atoms with van der Waals surface area (Å²) >= 11 is 0. The first-order chi connectivity index (χ1) is 7.66. The van der Waals surface area contributed by atoms with Gasteiger partial charge in [-0.1, -0.05) is 11.6 Å². The van der Waals surface area contributed by atoms with Crippen molar-refractivity contribution in [3.63, 3.8) is 0 Å². The van der Waals surface area contributed by atoms with E-state index in [0.717, 1.165) is 23.4 Å². The van der Waals surface area contributed by atoms with Crippen LogP contribution in [0.1, 0.15) is 17.5 Å². The van der Waals surface area contributed by atoms with Crippen molar-refractivity contribution in [1.29, 1.82) is 0 Å². The van der Waals surface area contributed by atoms with Crippen LogP contribution < -0.4 is 21.3 Å². The van der Waals surface area contributed by atoms with Crippen molar-refractivity contribution in [1.82, 2.24) is 0 Å². The maximum atomic E-state index is 5.54. The first-order valence-corrected chi connectivity index (χ1v) is 5.11. The molecule has 0 spiro atoms. The zero-order valence-electron chi connectivity index (χ0n) is 9.16. The second-order valence-electron chi connectivity index (χ2n) is 3.72. The van der Waals surface area contributed by atoms with Crippen LogP contribution in [0.15, 0.2) is 23.3 Å². The van der Waals surface area contributed by atoms with E-state index in [-0.39, 0.29) is 5.96 Å². The van der Waals surface area contributed by atoms with E-state index in [9.17, 15) is 0 Å². The molecule has 0 fully saturated rings. The molecule has 16 heavy (non-hydrogen) atoms. The Balaban J connectivity index is 2.43. The molecule has 0 saturated carbocycles. The average Bonchev–Trinajstić information content (AvgIpc) is 2.26. The molecule has 1 aromatic carbocycles. The number of ether oxygens (including phenoxy) is 1. The maximum Gasteiger partial charge on any atom is 0.362 e. The van der Waals surface area contributed by atoms with E-state index in [0.29, 0.717) is 6.61 Å². The predicted octanol–water partition coefficient (Wildman–Crippen LogP) is -1.16. The van der Waals surface area contributed by atoms with E-state index in [1.807, 2.05) is 25.1 Å². The number of nitrogens with zero attached hydrogens (tertiary/aromatic N) is 1. The largest absolute Gasteiger partial charge is 0.492 e. The number of nitrogens with two attached hydrogens (primary N) is 2. The van der Waals surface area contributed by atoms with Crippen molar-refractivity contribution in [3.05, 3.63) is 29.3 Å². The Morgan fingerprint density at radius 3 is 3.00 bits per heavy atom. The molecule has 1 aromatic rings. The van der Waals surface area contributed by atoms with Gasteiger partial charge in [-0.2, -0.15) is 5.10 Å². The van der Waals surface area contributed by atoms with Crippen LogP contribution in [0.25, 0.3) is 0 Å². The number of aryl methyl sites for hydroxylation is 1. The lowest BCUT2D eigenvalue weighted by Gasteiger charge is -2.18. The molecule has 0 unspecified atom stereocenters. The smallest absolute Gasteiger partial charge is 0.362 e. The number of hydrogen-bond acceptors (Lipinski definition) is 2. The number of fused-ring (bicyclic) bond motifs is 1. The van der Waals surface area contributed by atoms with Gasteiger partial charge in [0.05, 0.1) is 12.3 Å². The molecule has 0 atom stereocenters. The standard InChI is InChI=1S/C11H14N4O/c1-7-2-3-10-8(6-7)9(4-5-16-10)14-15-11(12)13/h2-3,6H,4-5H2,1H3,(H4,12,13,15)/p+1/b14-9-. The van der Waals surface area contributed by atoms with E-state index in [2.05, 4.69) is 10.2 Å². The Bertz CT molecular complexity index is 461. The van der Waals surface area contributed by atoms with Gasteiger partial charge in [0.15, 0.2) is 0 Å². The molecule has 1 aliphatic rings. The number of benzene rings is 1. The van der Waals surface area contributed by atoms with Gasteiger partial charge >= 0.3 is 5.96 Å². The van der Waals surface area contributed by atoms with Gasteiger partial charge in [0, 0.05) is 12.0 Å². The third kappa shape index (κ3) is 2.13. The van der Waals surface area contributed by atoms with Crippen LogP contribution in [0, 0.1) is 6.92 Å². The minimum Gasteiger partial charge on any atom is -0.492 e. The van der Waals surface area contributed by atoms with Gasteiger partial charge < -0.3 is 4.74 Å². The van der Waals surface area contributed by atoms with Gasteiger partial charge in [0.2, 0.25) is 0 Å². The highest BCUT2D eigenvalue weighted by Gasteiger charge is 2.17. The van der Waals surface area contributed by atoms with Gasteiger partial charge in [0.25, 0.3) is 0 Å². The van der Waals surface area contributed by atoms with Crippen molar-refractivity contribution >= 4 is 11.7 Å². The predicted molar refractivity (Wildman–Crippen MR) is 62.2 cm³/mol. The Kier molecular flexibility index (Phi) is 2.76. The summed E-state index contributed by atoms with van der Waals surface area (Å²) in [7, 11) is 0. The highest BCUT2D eigenvalue weighted by Crippen LogP contribution is 2.25. The Labute approximate surface area is 93.8 Å². The van der Waals surface area contributed by atoms with Crippen LogP contribution in [0.2, 0.25) is 0 Å². The summed E-state index contributed by atoms with van der Waals surface area (Å²) < 4.78 is 5.54. The minimum atomic E-state index is 0.0909. The topological polar surface area (TPSA) is 87.6 Å². The highest BCUT2D eigenvalue weighted by molar-refractivity contribution is 6.03. The van der Waals surface area contributed by atoms with E-state index in [4.69, 9.17) is 16.2 Å². The fourth-order valence-corrected chi connectivity index (χ4v) is 1.64. The Morgan fingerprint density at radius 1 is 1.44 bits per heavy atom. The monoisotopic (exact) mass is 219 g/mol. The molecule has 0 bridgehead atoms. The third-order valence-corrected chi connectivity index (χ3v) is 2.36. The Morgan fingerprint density at radius 2 is 2.25 bits per heavy atom. The maximum absolute atomic E-state index is 5.54. The molecular weight excluding hydrogens is 204 g/mol. The normalized spacial score (nSPS) is 16.4. The first kappa shape index (κ1) is 10.5. The summed E-state index contributed by atoms with van der Waals surface area (Å²) in [5.41, 5.74) is 13.7. The highest BCUT2D eigenvalue weighted by atomic mass is 16.5. The summed E-state index contributed by atoms with van der Waals surface area (Å²) in [6, 6.07) is 6.01. The molecule has 5 heteroatoms.